The summed E-state index contributed by atoms with van der Waals surface area (Å²) in [6.45, 7) is 0.499. The number of benzene rings is 1. The Morgan fingerprint density at radius 1 is 1.30 bits per heavy atom. The van der Waals surface area contributed by atoms with E-state index < -0.39 is 0 Å². The maximum Gasteiger partial charge on any atom is 0.416 e. The van der Waals surface area contributed by atoms with Gasteiger partial charge >= 0.3 is 6.09 Å². The summed E-state index contributed by atoms with van der Waals surface area (Å²) < 4.78 is 6.21. The molecule has 1 saturated carbocycles. The average molecular weight is 351 g/mol. The molecule has 2 aromatic rings. The van der Waals surface area contributed by atoms with Gasteiger partial charge in [0.1, 0.15) is 6.61 Å². The highest BCUT2D eigenvalue weighted by Gasteiger charge is 2.58. The van der Waals surface area contributed by atoms with E-state index in [1.165, 1.54) is 11.3 Å². The van der Waals surface area contributed by atoms with E-state index in [-0.39, 0.29) is 11.6 Å². The summed E-state index contributed by atoms with van der Waals surface area (Å²) in [7, 11) is 0. The highest BCUT2D eigenvalue weighted by Crippen LogP contribution is 2.49. The van der Waals surface area contributed by atoms with E-state index in [0.717, 1.165) is 33.7 Å². The number of halogens is 1. The van der Waals surface area contributed by atoms with E-state index in [9.17, 15) is 4.79 Å². The predicted octanol–water partition coefficient (Wildman–Crippen LogP) is 4.06. The Bertz CT molecular complexity index is 679. The Morgan fingerprint density at radius 2 is 2.05 bits per heavy atom. The number of carbonyl (C=O) groups is 1. The van der Waals surface area contributed by atoms with Crippen molar-refractivity contribution in [2.75, 3.05) is 11.5 Å². The molecule has 4 nitrogen and oxygen atoms in total. The monoisotopic (exact) mass is 350 g/mol. The third kappa shape index (κ3) is 1.86. The highest BCUT2D eigenvalue weighted by molar-refractivity contribution is 9.10. The number of hydrogen-bond acceptors (Lipinski definition) is 4. The summed E-state index contributed by atoms with van der Waals surface area (Å²) >= 11 is 4.92. The van der Waals surface area contributed by atoms with Crippen LogP contribution in [0.5, 0.6) is 0 Å². The van der Waals surface area contributed by atoms with Gasteiger partial charge in [-0.15, -0.1) is 11.3 Å². The van der Waals surface area contributed by atoms with Crippen LogP contribution in [-0.4, -0.2) is 23.2 Å². The number of amides is 1. The molecule has 1 spiro atoms. The molecule has 1 aliphatic carbocycles. The van der Waals surface area contributed by atoms with E-state index in [2.05, 4.69) is 20.9 Å². The third-order valence-electron chi connectivity index (χ3n) is 3.77. The van der Waals surface area contributed by atoms with Gasteiger partial charge in [0.2, 0.25) is 0 Å². The van der Waals surface area contributed by atoms with Gasteiger partial charge in [0.05, 0.1) is 11.2 Å². The molecule has 1 saturated heterocycles. The van der Waals surface area contributed by atoms with E-state index >= 15 is 0 Å². The number of rotatable bonds is 2. The molecule has 6 heteroatoms. The topological polar surface area (TPSA) is 42.4 Å². The fraction of sp³-hybridized carbons (Fsp3) is 0.286. The fourth-order valence-electron chi connectivity index (χ4n) is 2.43. The van der Waals surface area contributed by atoms with E-state index in [4.69, 9.17) is 4.74 Å². The summed E-state index contributed by atoms with van der Waals surface area (Å²) in [5.41, 5.74) is 1.84. The van der Waals surface area contributed by atoms with Gasteiger partial charge in [-0.1, -0.05) is 28.1 Å². The minimum atomic E-state index is -0.265. The van der Waals surface area contributed by atoms with Crippen molar-refractivity contribution in [2.45, 2.75) is 18.4 Å². The van der Waals surface area contributed by atoms with Crippen LogP contribution < -0.4 is 4.90 Å². The van der Waals surface area contributed by atoms with Gasteiger partial charge in [0, 0.05) is 15.4 Å². The van der Waals surface area contributed by atoms with Crippen molar-refractivity contribution in [3.05, 3.63) is 34.1 Å². The zero-order chi connectivity index (χ0) is 13.7. The second-order valence-corrected chi connectivity index (χ2v) is 6.89. The van der Waals surface area contributed by atoms with Crippen LogP contribution >= 0.6 is 27.3 Å². The highest BCUT2D eigenvalue weighted by atomic mass is 79.9. The number of cyclic esters (lactones) is 1. The SMILES string of the molecule is O=C1OCC2(CC2)N1c1nc(-c2ccc(Br)cc2)cs1. The first-order valence-corrected chi connectivity index (χ1v) is 8.04. The zero-order valence-electron chi connectivity index (χ0n) is 10.5. The van der Waals surface area contributed by atoms with Crippen LogP contribution in [0.25, 0.3) is 11.3 Å². The first-order chi connectivity index (χ1) is 9.68. The molecule has 0 unspecified atom stereocenters. The number of anilines is 1. The van der Waals surface area contributed by atoms with Crippen LogP contribution in [-0.2, 0) is 4.74 Å². The first kappa shape index (κ1) is 12.3. The van der Waals surface area contributed by atoms with Gasteiger partial charge in [0.15, 0.2) is 5.13 Å². The molecule has 0 N–H and O–H groups in total. The lowest BCUT2D eigenvalue weighted by Gasteiger charge is -2.16. The molecular weight excluding hydrogens is 340 g/mol. The largest absolute Gasteiger partial charge is 0.447 e. The van der Waals surface area contributed by atoms with Gasteiger partial charge in [-0.05, 0) is 25.0 Å². The minimum Gasteiger partial charge on any atom is -0.447 e. The molecular formula is C14H11BrN2O2S. The van der Waals surface area contributed by atoms with Crippen molar-refractivity contribution in [3.63, 3.8) is 0 Å². The van der Waals surface area contributed by atoms with Crippen molar-refractivity contribution in [1.29, 1.82) is 0 Å². The molecule has 2 heterocycles. The van der Waals surface area contributed by atoms with Gasteiger partial charge in [-0.3, -0.25) is 0 Å². The molecule has 0 radical (unpaired) electrons. The number of ether oxygens (including phenoxy) is 1. The normalized spacial score (nSPS) is 19.4. The van der Waals surface area contributed by atoms with Crippen LogP contribution in [0.4, 0.5) is 9.93 Å². The maximum absolute atomic E-state index is 11.9. The van der Waals surface area contributed by atoms with E-state index in [1.807, 2.05) is 29.6 Å². The molecule has 1 aromatic heterocycles. The Balaban J connectivity index is 1.68. The molecule has 1 amide bonds. The molecule has 1 aromatic carbocycles. The van der Waals surface area contributed by atoms with Gasteiger partial charge in [-0.2, -0.15) is 0 Å². The second-order valence-electron chi connectivity index (χ2n) is 5.14. The lowest BCUT2D eigenvalue weighted by molar-refractivity contribution is 0.178. The van der Waals surface area contributed by atoms with Crippen LogP contribution in [0.1, 0.15) is 12.8 Å². The van der Waals surface area contributed by atoms with Crippen molar-refractivity contribution >= 4 is 38.5 Å². The molecule has 1 aliphatic heterocycles. The van der Waals surface area contributed by atoms with Crippen LogP contribution in [0.3, 0.4) is 0 Å². The van der Waals surface area contributed by atoms with Crippen LogP contribution in [0.15, 0.2) is 34.1 Å². The van der Waals surface area contributed by atoms with E-state index in [1.54, 1.807) is 4.90 Å². The summed E-state index contributed by atoms with van der Waals surface area (Å²) in [6, 6.07) is 8.00. The molecule has 0 atom stereocenters. The molecule has 2 fully saturated rings. The summed E-state index contributed by atoms with van der Waals surface area (Å²) in [4.78, 5) is 18.2. The van der Waals surface area contributed by atoms with Crippen molar-refractivity contribution in [1.82, 2.24) is 4.98 Å². The Morgan fingerprint density at radius 3 is 2.75 bits per heavy atom. The Labute approximate surface area is 128 Å². The Kier molecular flexibility index (Phi) is 2.65. The maximum atomic E-state index is 11.9. The second kappa shape index (κ2) is 4.30. The summed E-state index contributed by atoms with van der Waals surface area (Å²) in [6.07, 6.45) is 1.75. The summed E-state index contributed by atoms with van der Waals surface area (Å²) in [5.74, 6) is 0. The number of nitrogens with zero attached hydrogens (tertiary/aromatic N) is 2. The van der Waals surface area contributed by atoms with Crippen molar-refractivity contribution in [3.8, 4) is 11.3 Å². The smallest absolute Gasteiger partial charge is 0.416 e. The number of aromatic nitrogens is 1. The molecule has 4 rings (SSSR count). The molecule has 20 heavy (non-hydrogen) atoms. The van der Waals surface area contributed by atoms with Gasteiger partial charge in [-0.25, -0.2) is 14.7 Å². The quantitative estimate of drug-likeness (QED) is 0.819. The fourth-order valence-corrected chi connectivity index (χ4v) is 3.63. The van der Waals surface area contributed by atoms with Crippen LogP contribution in [0.2, 0.25) is 0 Å². The number of hydrogen-bond donors (Lipinski definition) is 0. The average Bonchev–Trinajstić information content (AvgIpc) is 2.92. The number of carbonyl (C=O) groups excluding carboxylic acids is 1. The van der Waals surface area contributed by atoms with Crippen molar-refractivity contribution in [2.24, 2.45) is 0 Å². The van der Waals surface area contributed by atoms with Gasteiger partial charge in [0.25, 0.3) is 0 Å². The van der Waals surface area contributed by atoms with E-state index in [0.29, 0.717) is 6.61 Å². The molecule has 2 aliphatic rings. The molecule has 102 valence electrons. The van der Waals surface area contributed by atoms with Crippen molar-refractivity contribution < 1.29 is 9.53 Å². The third-order valence-corrected chi connectivity index (χ3v) is 5.13. The zero-order valence-corrected chi connectivity index (χ0v) is 12.9. The van der Waals surface area contributed by atoms with Crippen LogP contribution in [0, 0.1) is 0 Å². The lowest BCUT2D eigenvalue weighted by atomic mass is 10.2. The number of thiazole rings is 1. The molecule has 0 bridgehead atoms. The Hall–Kier alpha value is -1.40. The predicted molar refractivity (Wildman–Crippen MR) is 81.0 cm³/mol. The summed E-state index contributed by atoms with van der Waals surface area (Å²) in [5, 5.41) is 2.73. The standard InChI is InChI=1S/C14H11BrN2O2S/c15-10-3-1-9(2-4-10)11-7-20-12(16-11)17-13(18)19-8-14(17)5-6-14/h1-4,7H,5-6,8H2. The lowest BCUT2D eigenvalue weighted by Crippen LogP contribution is -2.35. The van der Waals surface area contributed by atoms with Gasteiger partial charge < -0.3 is 4.74 Å². The minimum absolute atomic E-state index is 0.105. The first-order valence-electron chi connectivity index (χ1n) is 6.36.